The Morgan fingerprint density at radius 1 is 1.15 bits per heavy atom. The molecule has 0 bridgehead atoms. The fourth-order valence-corrected chi connectivity index (χ4v) is 3.63. The Balaban J connectivity index is 2.19. The van der Waals surface area contributed by atoms with Gasteiger partial charge in [0, 0.05) is 26.2 Å². The van der Waals surface area contributed by atoms with Gasteiger partial charge in [0.1, 0.15) is 6.61 Å². The fourth-order valence-electron chi connectivity index (χ4n) is 2.28. The van der Waals surface area contributed by atoms with Crippen LogP contribution >= 0.6 is 0 Å². The molecule has 2 amide bonds. The van der Waals surface area contributed by atoms with Crippen molar-refractivity contribution in [2.24, 2.45) is 0 Å². The molecular formula is C16H23N3O6S. The highest BCUT2D eigenvalue weighted by atomic mass is 32.2. The van der Waals surface area contributed by atoms with E-state index < -0.39 is 28.5 Å². The first kappa shape index (κ1) is 20.1. The van der Waals surface area contributed by atoms with Crippen molar-refractivity contribution in [2.45, 2.75) is 26.6 Å². The van der Waals surface area contributed by atoms with E-state index >= 15 is 0 Å². The molecule has 1 N–H and O–H groups in total. The zero-order valence-electron chi connectivity index (χ0n) is 14.8. The number of ether oxygens (including phenoxy) is 2. The number of benzene rings is 1. The number of carbonyl (C=O) groups excluding carboxylic acids is 2. The minimum absolute atomic E-state index is 0.0568. The number of imide groups is 1. The monoisotopic (exact) mass is 385 g/mol. The van der Waals surface area contributed by atoms with Gasteiger partial charge in [0.05, 0.1) is 6.10 Å². The first-order valence-electron chi connectivity index (χ1n) is 8.25. The lowest BCUT2D eigenvalue weighted by Crippen LogP contribution is -2.55. The number of rotatable bonds is 5. The van der Waals surface area contributed by atoms with E-state index in [1.165, 1.54) is 0 Å². The van der Waals surface area contributed by atoms with Crippen LogP contribution in [0.4, 0.5) is 9.59 Å². The molecule has 1 heterocycles. The van der Waals surface area contributed by atoms with Crippen LogP contribution in [0, 0.1) is 0 Å². The zero-order chi connectivity index (χ0) is 19.2. The molecule has 144 valence electrons. The third-order valence-corrected chi connectivity index (χ3v) is 5.28. The van der Waals surface area contributed by atoms with Crippen molar-refractivity contribution < 1.29 is 27.5 Å². The predicted octanol–water partition coefficient (Wildman–Crippen LogP) is 1.32. The van der Waals surface area contributed by atoms with E-state index in [1.54, 1.807) is 44.2 Å². The molecule has 10 heteroatoms. The molecule has 1 aromatic carbocycles. The molecule has 0 atom stereocenters. The second kappa shape index (κ2) is 8.97. The van der Waals surface area contributed by atoms with Crippen LogP contribution in [0.2, 0.25) is 0 Å². The van der Waals surface area contributed by atoms with E-state index in [-0.39, 0.29) is 24.0 Å². The number of hydrogen-bond donors (Lipinski definition) is 1. The molecule has 2 rings (SSSR count). The summed E-state index contributed by atoms with van der Waals surface area (Å²) in [5.41, 5.74) is 0.664. The molecule has 1 aliphatic rings. The summed E-state index contributed by atoms with van der Waals surface area (Å²) in [5, 5.41) is 3.01. The Morgan fingerprint density at radius 3 is 2.35 bits per heavy atom. The average Bonchev–Trinajstić information content (AvgIpc) is 2.61. The molecule has 1 fully saturated rings. The van der Waals surface area contributed by atoms with E-state index in [9.17, 15) is 18.0 Å². The van der Waals surface area contributed by atoms with Crippen LogP contribution in [0.15, 0.2) is 30.3 Å². The number of amides is 2. The third kappa shape index (κ3) is 5.16. The third-order valence-electron chi connectivity index (χ3n) is 3.51. The quantitative estimate of drug-likeness (QED) is 0.815. The number of hydrogen-bond acceptors (Lipinski definition) is 7. The van der Waals surface area contributed by atoms with E-state index in [0.717, 1.165) is 4.31 Å². The highest BCUT2D eigenvalue weighted by molar-refractivity contribution is 7.87. The highest BCUT2D eigenvalue weighted by Crippen LogP contribution is 2.15. The van der Waals surface area contributed by atoms with Crippen LogP contribution in [-0.4, -0.2) is 61.5 Å². The first-order valence-corrected chi connectivity index (χ1v) is 9.64. The van der Waals surface area contributed by atoms with E-state index in [2.05, 4.69) is 5.32 Å². The standard InChI is InChI=1S/C16H23N3O6S/c1-13(2)25-16(21)19(26(22,23)18-10-8-17-9-11-18)15(20)24-12-14-6-4-3-5-7-14/h3-7,13,17H,8-12H2,1-2H3. The minimum atomic E-state index is -4.40. The largest absolute Gasteiger partial charge is 0.446 e. The Morgan fingerprint density at radius 2 is 1.77 bits per heavy atom. The molecule has 0 aliphatic carbocycles. The van der Waals surface area contributed by atoms with Crippen molar-refractivity contribution in [2.75, 3.05) is 26.2 Å². The highest BCUT2D eigenvalue weighted by Gasteiger charge is 2.41. The van der Waals surface area contributed by atoms with Crippen LogP contribution < -0.4 is 5.32 Å². The van der Waals surface area contributed by atoms with Gasteiger partial charge in [0.25, 0.3) is 0 Å². The molecule has 0 radical (unpaired) electrons. The van der Waals surface area contributed by atoms with Crippen LogP contribution in [0.1, 0.15) is 19.4 Å². The van der Waals surface area contributed by atoms with Crippen LogP contribution in [0.3, 0.4) is 0 Å². The van der Waals surface area contributed by atoms with Gasteiger partial charge in [-0.05, 0) is 19.4 Å². The number of nitrogens with one attached hydrogen (secondary N) is 1. The Kier molecular flexibility index (Phi) is 6.95. The molecule has 1 saturated heterocycles. The summed E-state index contributed by atoms with van der Waals surface area (Å²) in [5.74, 6) is 0. The van der Waals surface area contributed by atoms with Crippen molar-refractivity contribution in [1.82, 2.24) is 13.9 Å². The molecule has 1 aliphatic heterocycles. The molecule has 0 spiro atoms. The first-order chi connectivity index (χ1) is 12.3. The molecule has 9 nitrogen and oxygen atoms in total. The smallest absolute Gasteiger partial charge is 0.435 e. The molecule has 26 heavy (non-hydrogen) atoms. The Labute approximate surface area is 153 Å². The van der Waals surface area contributed by atoms with Crippen molar-refractivity contribution in [1.29, 1.82) is 0 Å². The van der Waals surface area contributed by atoms with Gasteiger partial charge in [-0.1, -0.05) is 34.6 Å². The summed E-state index contributed by atoms with van der Waals surface area (Å²) < 4.78 is 36.6. The van der Waals surface area contributed by atoms with Crippen molar-refractivity contribution in [3.63, 3.8) is 0 Å². The van der Waals surface area contributed by atoms with Crippen molar-refractivity contribution >= 4 is 22.4 Å². The van der Waals surface area contributed by atoms with Gasteiger partial charge in [0.2, 0.25) is 0 Å². The van der Waals surface area contributed by atoms with Gasteiger partial charge < -0.3 is 14.8 Å². The Hall–Kier alpha value is -2.17. The summed E-state index contributed by atoms with van der Waals surface area (Å²) in [6, 6.07) is 8.74. The number of carbonyl (C=O) groups is 2. The summed E-state index contributed by atoms with van der Waals surface area (Å²) in [6.45, 7) is 4.07. The summed E-state index contributed by atoms with van der Waals surface area (Å²) in [7, 11) is -4.40. The summed E-state index contributed by atoms with van der Waals surface area (Å²) in [6.07, 6.45) is -3.17. The van der Waals surface area contributed by atoms with Crippen LogP contribution in [0.25, 0.3) is 0 Å². The van der Waals surface area contributed by atoms with Gasteiger partial charge in [0.15, 0.2) is 0 Å². The maximum atomic E-state index is 12.8. The van der Waals surface area contributed by atoms with Crippen LogP contribution in [0.5, 0.6) is 0 Å². The summed E-state index contributed by atoms with van der Waals surface area (Å²) in [4.78, 5) is 24.7. The molecular weight excluding hydrogens is 362 g/mol. The second-order valence-electron chi connectivity index (χ2n) is 5.89. The van der Waals surface area contributed by atoms with E-state index in [0.29, 0.717) is 18.7 Å². The summed E-state index contributed by atoms with van der Waals surface area (Å²) >= 11 is 0. The normalized spacial score (nSPS) is 15.5. The maximum absolute atomic E-state index is 12.8. The van der Waals surface area contributed by atoms with Crippen molar-refractivity contribution in [3.05, 3.63) is 35.9 Å². The van der Waals surface area contributed by atoms with Gasteiger partial charge in [-0.25, -0.2) is 9.59 Å². The average molecular weight is 385 g/mol. The van der Waals surface area contributed by atoms with E-state index in [4.69, 9.17) is 9.47 Å². The number of nitrogens with zero attached hydrogens (tertiary/aromatic N) is 2. The maximum Gasteiger partial charge on any atom is 0.435 e. The van der Waals surface area contributed by atoms with Gasteiger partial charge in [-0.15, -0.1) is 0 Å². The lowest BCUT2D eigenvalue weighted by atomic mass is 10.2. The molecule has 0 saturated carbocycles. The van der Waals surface area contributed by atoms with Crippen LogP contribution in [-0.2, 0) is 26.3 Å². The number of piperazine rings is 1. The molecule has 0 aromatic heterocycles. The minimum Gasteiger partial charge on any atom is -0.446 e. The lowest BCUT2D eigenvalue weighted by Gasteiger charge is -2.30. The Bertz CT molecular complexity index is 717. The molecule has 1 aromatic rings. The zero-order valence-corrected chi connectivity index (χ0v) is 15.6. The van der Waals surface area contributed by atoms with Gasteiger partial charge in [-0.3, -0.25) is 0 Å². The van der Waals surface area contributed by atoms with Gasteiger partial charge in [-0.2, -0.15) is 12.7 Å². The molecule has 0 unspecified atom stereocenters. The second-order valence-corrected chi connectivity index (χ2v) is 7.67. The predicted molar refractivity (Wildman–Crippen MR) is 93.4 cm³/mol. The van der Waals surface area contributed by atoms with Crippen molar-refractivity contribution in [3.8, 4) is 0 Å². The fraction of sp³-hybridized carbons (Fsp3) is 0.500. The lowest BCUT2D eigenvalue weighted by molar-refractivity contribution is 0.0784. The van der Waals surface area contributed by atoms with E-state index in [1.807, 2.05) is 0 Å². The SMILES string of the molecule is CC(C)OC(=O)N(C(=O)OCc1ccccc1)S(=O)(=O)N1CCNCC1. The topological polar surface area (TPSA) is 105 Å². The van der Waals surface area contributed by atoms with Gasteiger partial charge >= 0.3 is 22.4 Å².